The molecule has 21 heavy (non-hydrogen) atoms. The van der Waals surface area contributed by atoms with Gasteiger partial charge in [0, 0.05) is 13.2 Å². The number of carbonyl (C=O) groups excluding carboxylic acids is 1. The van der Waals surface area contributed by atoms with E-state index in [0.717, 1.165) is 25.7 Å². The minimum Gasteiger partial charge on any atom is -0.468 e. The van der Waals surface area contributed by atoms with Crippen LogP contribution in [0.1, 0.15) is 37.7 Å². The van der Waals surface area contributed by atoms with Crippen molar-refractivity contribution in [3.05, 3.63) is 35.6 Å². The molecule has 0 aromatic heterocycles. The summed E-state index contributed by atoms with van der Waals surface area (Å²) in [5.41, 5.74) is 5.39. The molecule has 0 aliphatic heterocycles. The lowest BCUT2D eigenvalue weighted by Crippen LogP contribution is -2.44. The topological polar surface area (TPSA) is 72.5 Å². The Balaban J connectivity index is 2.91. The van der Waals surface area contributed by atoms with Crippen LogP contribution in [0.5, 0.6) is 0 Å². The second kappa shape index (κ2) is 8.74. The standard InChI is InChI=1S/C16H24FNO3/c1-21-15(20)16(12-18,9-4-2-3-5-10-19)13-7-6-8-14(17)11-13/h6-8,11,19H,2-5,9-10,12,18H2,1H3. The molecule has 0 spiro atoms. The average molecular weight is 297 g/mol. The molecule has 1 aromatic carbocycles. The number of esters is 1. The lowest BCUT2D eigenvalue weighted by molar-refractivity contribution is -0.147. The monoisotopic (exact) mass is 297 g/mol. The van der Waals surface area contributed by atoms with Gasteiger partial charge in [0.05, 0.1) is 7.11 Å². The number of nitrogens with two attached hydrogens (primary N) is 1. The van der Waals surface area contributed by atoms with Crippen LogP contribution in [0.25, 0.3) is 0 Å². The fourth-order valence-electron chi connectivity index (χ4n) is 2.54. The molecule has 1 unspecified atom stereocenters. The lowest BCUT2D eigenvalue weighted by atomic mass is 9.76. The molecule has 1 rings (SSSR count). The molecule has 1 aromatic rings. The van der Waals surface area contributed by atoms with Crippen LogP contribution in [0.3, 0.4) is 0 Å². The lowest BCUT2D eigenvalue weighted by Gasteiger charge is -2.30. The zero-order valence-corrected chi connectivity index (χ0v) is 12.5. The third-order valence-electron chi connectivity index (χ3n) is 3.81. The zero-order chi connectivity index (χ0) is 15.7. The molecular formula is C16H24FNO3. The van der Waals surface area contributed by atoms with Gasteiger partial charge in [0.15, 0.2) is 0 Å². The van der Waals surface area contributed by atoms with Gasteiger partial charge in [-0.25, -0.2) is 4.39 Å². The second-order valence-electron chi connectivity index (χ2n) is 5.18. The molecule has 0 saturated carbocycles. The van der Waals surface area contributed by atoms with Crippen molar-refractivity contribution in [3.8, 4) is 0 Å². The predicted octanol–water partition coefficient (Wildman–Crippen LogP) is 2.14. The van der Waals surface area contributed by atoms with Crippen molar-refractivity contribution in [2.45, 2.75) is 37.5 Å². The summed E-state index contributed by atoms with van der Waals surface area (Å²) in [4.78, 5) is 12.2. The van der Waals surface area contributed by atoms with Crippen molar-refractivity contribution in [3.63, 3.8) is 0 Å². The number of methoxy groups -OCH3 is 1. The van der Waals surface area contributed by atoms with Gasteiger partial charge in [-0.15, -0.1) is 0 Å². The average Bonchev–Trinajstić information content (AvgIpc) is 2.50. The van der Waals surface area contributed by atoms with Gasteiger partial charge in [0.1, 0.15) is 11.2 Å². The Hall–Kier alpha value is -1.46. The van der Waals surface area contributed by atoms with E-state index in [1.807, 2.05) is 0 Å². The van der Waals surface area contributed by atoms with Gasteiger partial charge in [0.25, 0.3) is 0 Å². The first-order valence-corrected chi connectivity index (χ1v) is 7.26. The fraction of sp³-hybridized carbons (Fsp3) is 0.562. The smallest absolute Gasteiger partial charge is 0.317 e. The molecule has 0 aliphatic rings. The maximum atomic E-state index is 13.5. The van der Waals surface area contributed by atoms with Gasteiger partial charge < -0.3 is 15.6 Å². The van der Waals surface area contributed by atoms with E-state index in [1.54, 1.807) is 12.1 Å². The Kier molecular flexibility index (Phi) is 7.32. The summed E-state index contributed by atoms with van der Waals surface area (Å²) in [7, 11) is 1.32. The van der Waals surface area contributed by atoms with Crippen molar-refractivity contribution in [2.75, 3.05) is 20.3 Å². The van der Waals surface area contributed by atoms with Crippen molar-refractivity contribution in [2.24, 2.45) is 5.73 Å². The molecule has 4 nitrogen and oxygen atoms in total. The van der Waals surface area contributed by atoms with Crippen LogP contribution in [0.4, 0.5) is 4.39 Å². The molecule has 0 radical (unpaired) electrons. The number of ether oxygens (including phenoxy) is 1. The van der Waals surface area contributed by atoms with Gasteiger partial charge in [-0.05, 0) is 30.5 Å². The molecule has 1 atom stereocenters. The van der Waals surface area contributed by atoms with Gasteiger partial charge in [-0.3, -0.25) is 4.79 Å². The summed E-state index contributed by atoms with van der Waals surface area (Å²) >= 11 is 0. The fourth-order valence-corrected chi connectivity index (χ4v) is 2.54. The van der Waals surface area contributed by atoms with Crippen LogP contribution in [0, 0.1) is 5.82 Å². The highest BCUT2D eigenvalue weighted by Crippen LogP contribution is 2.31. The molecule has 0 fully saturated rings. The third kappa shape index (κ3) is 4.51. The van der Waals surface area contributed by atoms with E-state index in [1.165, 1.54) is 19.2 Å². The zero-order valence-electron chi connectivity index (χ0n) is 12.5. The van der Waals surface area contributed by atoms with E-state index >= 15 is 0 Å². The van der Waals surface area contributed by atoms with Crippen molar-refractivity contribution in [1.29, 1.82) is 0 Å². The molecule has 0 saturated heterocycles. The number of aliphatic hydroxyl groups excluding tert-OH is 1. The summed E-state index contributed by atoms with van der Waals surface area (Å²) in [5, 5.41) is 8.77. The Labute approximate surface area is 125 Å². The summed E-state index contributed by atoms with van der Waals surface area (Å²) in [6.45, 7) is 0.242. The number of rotatable bonds is 9. The summed E-state index contributed by atoms with van der Waals surface area (Å²) in [5.74, 6) is -0.827. The van der Waals surface area contributed by atoms with E-state index < -0.39 is 17.2 Å². The van der Waals surface area contributed by atoms with Gasteiger partial charge in [-0.1, -0.05) is 31.4 Å². The van der Waals surface area contributed by atoms with Crippen LogP contribution in [0.15, 0.2) is 24.3 Å². The van der Waals surface area contributed by atoms with Crippen molar-refractivity contribution >= 4 is 5.97 Å². The summed E-state index contributed by atoms with van der Waals surface area (Å²) < 4.78 is 18.4. The van der Waals surface area contributed by atoms with E-state index in [9.17, 15) is 9.18 Å². The number of unbranched alkanes of at least 4 members (excludes halogenated alkanes) is 3. The molecule has 0 heterocycles. The maximum absolute atomic E-state index is 13.5. The second-order valence-corrected chi connectivity index (χ2v) is 5.18. The van der Waals surface area contributed by atoms with Gasteiger partial charge >= 0.3 is 5.97 Å². The van der Waals surface area contributed by atoms with Crippen LogP contribution >= 0.6 is 0 Å². The number of hydrogen-bond acceptors (Lipinski definition) is 4. The summed E-state index contributed by atoms with van der Waals surface area (Å²) in [6.07, 6.45) is 3.79. The number of aliphatic hydroxyl groups is 1. The molecule has 0 bridgehead atoms. The van der Waals surface area contributed by atoms with Crippen molar-refractivity contribution in [1.82, 2.24) is 0 Å². The highest BCUT2D eigenvalue weighted by Gasteiger charge is 2.39. The first-order chi connectivity index (χ1) is 10.1. The van der Waals surface area contributed by atoms with Gasteiger partial charge in [0.2, 0.25) is 0 Å². The first kappa shape index (κ1) is 17.6. The Morgan fingerprint density at radius 3 is 2.62 bits per heavy atom. The predicted molar refractivity (Wildman–Crippen MR) is 79.3 cm³/mol. The minimum atomic E-state index is -1.00. The van der Waals surface area contributed by atoms with Crippen molar-refractivity contribution < 1.29 is 19.0 Å². The van der Waals surface area contributed by atoms with Crippen LogP contribution in [-0.4, -0.2) is 31.3 Å². The molecule has 5 heteroatoms. The van der Waals surface area contributed by atoms with Crippen LogP contribution < -0.4 is 5.73 Å². The largest absolute Gasteiger partial charge is 0.468 e. The summed E-state index contributed by atoms with van der Waals surface area (Å²) in [6, 6.07) is 5.96. The molecule has 3 N–H and O–H groups in total. The molecule has 0 amide bonds. The highest BCUT2D eigenvalue weighted by molar-refractivity contribution is 5.83. The molecule has 118 valence electrons. The Bertz CT molecular complexity index is 453. The van der Waals surface area contributed by atoms with E-state index in [4.69, 9.17) is 15.6 Å². The van der Waals surface area contributed by atoms with E-state index in [2.05, 4.69) is 0 Å². The van der Waals surface area contributed by atoms with Gasteiger partial charge in [-0.2, -0.15) is 0 Å². The number of benzene rings is 1. The quantitative estimate of drug-likeness (QED) is 0.541. The molecular weight excluding hydrogens is 273 g/mol. The van der Waals surface area contributed by atoms with E-state index in [-0.39, 0.29) is 13.2 Å². The third-order valence-corrected chi connectivity index (χ3v) is 3.81. The minimum absolute atomic E-state index is 0.0725. The Morgan fingerprint density at radius 1 is 1.33 bits per heavy atom. The highest BCUT2D eigenvalue weighted by atomic mass is 19.1. The number of hydrogen-bond donors (Lipinski definition) is 2. The normalized spacial score (nSPS) is 13.7. The maximum Gasteiger partial charge on any atom is 0.317 e. The number of halogens is 1. The SMILES string of the molecule is COC(=O)C(CN)(CCCCCCO)c1cccc(F)c1. The van der Waals surface area contributed by atoms with E-state index in [0.29, 0.717) is 12.0 Å². The van der Waals surface area contributed by atoms with Crippen LogP contribution in [0.2, 0.25) is 0 Å². The first-order valence-electron chi connectivity index (χ1n) is 7.26. The van der Waals surface area contributed by atoms with Crippen LogP contribution in [-0.2, 0) is 14.9 Å². The Morgan fingerprint density at radius 2 is 2.05 bits per heavy atom. The molecule has 0 aliphatic carbocycles. The number of carbonyl (C=O) groups is 1.